The van der Waals surface area contributed by atoms with Gasteiger partial charge in [-0.2, -0.15) is 0 Å². The Labute approximate surface area is 187 Å². The third kappa shape index (κ3) is 3.06. The molecule has 3 aromatic carbocycles. The molecule has 3 heterocycles. The lowest BCUT2D eigenvalue weighted by molar-refractivity contribution is 0.0501. The molecule has 2 aliphatic heterocycles. The number of para-hydroxylation sites is 1. The van der Waals surface area contributed by atoms with Gasteiger partial charge in [0, 0.05) is 35.2 Å². The number of fused-ring (bicyclic) bond motifs is 2. The van der Waals surface area contributed by atoms with Gasteiger partial charge in [-0.05, 0) is 43.0 Å². The molecule has 0 saturated carbocycles. The van der Waals surface area contributed by atoms with Crippen LogP contribution in [0.5, 0.6) is 0 Å². The van der Waals surface area contributed by atoms with Gasteiger partial charge in [0.25, 0.3) is 5.91 Å². The third-order valence-electron chi connectivity index (χ3n) is 6.84. The maximum atomic E-state index is 13.6. The Balaban J connectivity index is 1.57. The van der Waals surface area contributed by atoms with Crippen molar-refractivity contribution in [2.45, 2.75) is 31.9 Å². The lowest BCUT2D eigenvalue weighted by atomic mass is 9.93. The summed E-state index contributed by atoms with van der Waals surface area (Å²) in [6, 6.07) is 24.9. The quantitative estimate of drug-likeness (QED) is 0.447. The average molecular weight is 423 g/mol. The number of carbonyl (C=O) groups is 1. The number of hydrogen-bond donors (Lipinski definition) is 1. The topological polar surface area (TPSA) is 45.3 Å². The molecule has 1 aromatic heterocycles. The molecule has 160 valence electrons. The normalized spacial score (nSPS) is 20.3. The molecule has 0 aliphatic carbocycles. The predicted molar refractivity (Wildman–Crippen MR) is 127 cm³/mol. The van der Waals surface area contributed by atoms with E-state index in [4.69, 9.17) is 4.74 Å². The van der Waals surface area contributed by atoms with Gasteiger partial charge in [-0.1, -0.05) is 66.2 Å². The first-order valence-electron chi connectivity index (χ1n) is 11.4. The fourth-order valence-corrected chi connectivity index (χ4v) is 5.27. The molecule has 1 saturated heterocycles. The van der Waals surface area contributed by atoms with Gasteiger partial charge in [0.2, 0.25) is 0 Å². The van der Waals surface area contributed by atoms with Gasteiger partial charge in [-0.25, -0.2) is 0 Å². The highest BCUT2D eigenvalue weighted by Crippen LogP contribution is 2.45. The number of H-pyrrole nitrogens is 1. The van der Waals surface area contributed by atoms with E-state index < -0.39 is 0 Å². The van der Waals surface area contributed by atoms with Gasteiger partial charge in [0.1, 0.15) is 0 Å². The monoisotopic (exact) mass is 422 g/mol. The second-order valence-electron chi connectivity index (χ2n) is 8.91. The summed E-state index contributed by atoms with van der Waals surface area (Å²) < 4.78 is 5.94. The van der Waals surface area contributed by atoms with Crippen molar-refractivity contribution in [3.05, 3.63) is 95.1 Å². The molecule has 4 nitrogen and oxygen atoms in total. The number of rotatable bonds is 4. The van der Waals surface area contributed by atoms with Crippen molar-refractivity contribution >= 4 is 16.8 Å². The summed E-state index contributed by atoms with van der Waals surface area (Å²) in [5.41, 5.74) is 7.58. The number of nitrogens with one attached hydrogen (secondary N) is 1. The number of amides is 1. The van der Waals surface area contributed by atoms with Crippen LogP contribution in [0.25, 0.3) is 22.2 Å². The maximum Gasteiger partial charge on any atom is 0.255 e. The van der Waals surface area contributed by atoms with Crippen LogP contribution in [0, 0.1) is 6.92 Å². The van der Waals surface area contributed by atoms with Crippen LogP contribution in [0.1, 0.15) is 45.9 Å². The summed E-state index contributed by atoms with van der Waals surface area (Å²) in [7, 11) is 0. The molecule has 4 heteroatoms. The molecule has 0 unspecified atom stereocenters. The van der Waals surface area contributed by atoms with Crippen molar-refractivity contribution < 1.29 is 9.53 Å². The highest BCUT2D eigenvalue weighted by molar-refractivity contribution is 6.02. The molecular weight excluding hydrogens is 396 g/mol. The van der Waals surface area contributed by atoms with Crippen LogP contribution in [-0.4, -0.2) is 35.0 Å². The van der Waals surface area contributed by atoms with Gasteiger partial charge >= 0.3 is 0 Å². The summed E-state index contributed by atoms with van der Waals surface area (Å²) in [5.74, 6) is 0.0984. The standard InChI is InChI=1S/C28H26N2O2/c1-18-12-14-19(15-13-18)26-25(23-10-4-5-11-24(23)29-26)27-21-8-2-3-9-22(21)28(31)30(27)17-20-7-6-16-32-20/h2-5,8-15,20,27,29H,6-7,16-17H2,1H3/t20-,27-/m0/s1. The van der Waals surface area contributed by atoms with Crippen molar-refractivity contribution in [2.75, 3.05) is 13.2 Å². The minimum Gasteiger partial charge on any atom is -0.376 e. The number of aryl methyl sites for hydroxylation is 1. The fourth-order valence-electron chi connectivity index (χ4n) is 5.27. The first-order valence-corrected chi connectivity index (χ1v) is 11.4. The van der Waals surface area contributed by atoms with Crippen molar-refractivity contribution in [1.29, 1.82) is 0 Å². The maximum absolute atomic E-state index is 13.6. The molecule has 6 rings (SSSR count). The minimum absolute atomic E-state index is 0.0984. The van der Waals surface area contributed by atoms with E-state index in [-0.39, 0.29) is 18.1 Å². The second kappa shape index (κ2) is 7.64. The summed E-state index contributed by atoms with van der Waals surface area (Å²) >= 11 is 0. The molecule has 1 fully saturated rings. The molecule has 2 atom stereocenters. The van der Waals surface area contributed by atoms with Crippen molar-refractivity contribution in [1.82, 2.24) is 9.88 Å². The van der Waals surface area contributed by atoms with Gasteiger partial charge in [0.15, 0.2) is 0 Å². The number of aromatic nitrogens is 1. The Morgan fingerprint density at radius 1 is 1.00 bits per heavy atom. The number of hydrogen-bond acceptors (Lipinski definition) is 2. The molecule has 0 spiro atoms. The van der Waals surface area contributed by atoms with E-state index in [2.05, 4.69) is 66.5 Å². The Morgan fingerprint density at radius 3 is 2.59 bits per heavy atom. The van der Waals surface area contributed by atoms with E-state index in [0.717, 1.165) is 52.7 Å². The van der Waals surface area contributed by atoms with Gasteiger partial charge in [-0.15, -0.1) is 0 Å². The van der Waals surface area contributed by atoms with Crippen LogP contribution < -0.4 is 0 Å². The van der Waals surface area contributed by atoms with Crippen LogP contribution >= 0.6 is 0 Å². The van der Waals surface area contributed by atoms with E-state index >= 15 is 0 Å². The largest absolute Gasteiger partial charge is 0.376 e. The van der Waals surface area contributed by atoms with Crippen molar-refractivity contribution in [3.63, 3.8) is 0 Å². The second-order valence-corrected chi connectivity index (χ2v) is 8.91. The molecule has 4 aromatic rings. The predicted octanol–water partition coefficient (Wildman–Crippen LogP) is 5.87. The fraction of sp³-hybridized carbons (Fsp3) is 0.250. The Kier molecular flexibility index (Phi) is 4.62. The number of benzene rings is 3. The molecule has 1 amide bonds. The van der Waals surface area contributed by atoms with E-state index in [1.54, 1.807) is 0 Å². The zero-order valence-corrected chi connectivity index (χ0v) is 18.2. The van der Waals surface area contributed by atoms with Crippen LogP contribution in [0.3, 0.4) is 0 Å². The average Bonchev–Trinajstić information content (AvgIpc) is 3.53. The minimum atomic E-state index is -0.143. The Morgan fingerprint density at radius 2 is 1.78 bits per heavy atom. The number of carbonyl (C=O) groups excluding carboxylic acids is 1. The summed E-state index contributed by atoms with van der Waals surface area (Å²) in [6.45, 7) is 3.50. The van der Waals surface area contributed by atoms with Gasteiger partial charge < -0.3 is 14.6 Å². The lowest BCUT2D eigenvalue weighted by Crippen LogP contribution is -2.35. The smallest absolute Gasteiger partial charge is 0.255 e. The van der Waals surface area contributed by atoms with Gasteiger partial charge in [0.05, 0.1) is 17.8 Å². The van der Waals surface area contributed by atoms with E-state index in [1.165, 1.54) is 11.1 Å². The number of ether oxygens (including phenoxy) is 1. The van der Waals surface area contributed by atoms with Crippen LogP contribution in [0.2, 0.25) is 0 Å². The molecule has 2 aliphatic rings. The first-order chi connectivity index (χ1) is 15.7. The zero-order chi connectivity index (χ0) is 21.7. The van der Waals surface area contributed by atoms with Crippen LogP contribution in [0.4, 0.5) is 0 Å². The van der Waals surface area contributed by atoms with Crippen LogP contribution in [-0.2, 0) is 4.74 Å². The SMILES string of the molecule is Cc1ccc(-c2[nH]c3ccccc3c2[C@@H]2c3ccccc3C(=O)N2C[C@@H]2CCCO2)cc1. The molecule has 1 N–H and O–H groups in total. The molecule has 0 radical (unpaired) electrons. The lowest BCUT2D eigenvalue weighted by Gasteiger charge is -2.28. The van der Waals surface area contributed by atoms with Crippen LogP contribution in [0.15, 0.2) is 72.8 Å². The highest BCUT2D eigenvalue weighted by atomic mass is 16.5. The summed E-state index contributed by atoms with van der Waals surface area (Å²) in [5, 5.41) is 1.16. The van der Waals surface area contributed by atoms with E-state index in [9.17, 15) is 4.79 Å². The van der Waals surface area contributed by atoms with Crippen molar-refractivity contribution in [3.8, 4) is 11.3 Å². The molecule has 32 heavy (non-hydrogen) atoms. The Bertz CT molecular complexity index is 1300. The first kappa shape index (κ1) is 19.3. The third-order valence-corrected chi connectivity index (χ3v) is 6.84. The number of aromatic amines is 1. The van der Waals surface area contributed by atoms with Crippen molar-refractivity contribution in [2.24, 2.45) is 0 Å². The van der Waals surface area contributed by atoms with Gasteiger partial charge in [-0.3, -0.25) is 4.79 Å². The van der Waals surface area contributed by atoms with E-state index in [0.29, 0.717) is 6.54 Å². The number of nitrogens with zero attached hydrogens (tertiary/aromatic N) is 1. The zero-order valence-electron chi connectivity index (χ0n) is 18.2. The summed E-state index contributed by atoms with van der Waals surface area (Å²) in [4.78, 5) is 19.3. The molecular formula is C28H26N2O2. The highest BCUT2D eigenvalue weighted by Gasteiger charge is 2.41. The Hall–Kier alpha value is -3.37. The molecule has 0 bridgehead atoms. The van der Waals surface area contributed by atoms with E-state index in [1.807, 2.05) is 23.1 Å². The summed E-state index contributed by atoms with van der Waals surface area (Å²) in [6.07, 6.45) is 2.17.